The van der Waals surface area contributed by atoms with Crippen molar-refractivity contribution in [3.8, 4) is 12.3 Å². The Morgan fingerprint density at radius 2 is 1.78 bits per heavy atom. The number of hydrogen-bond acceptors (Lipinski definition) is 7. The molecule has 1 aromatic rings. The molecule has 4 fully saturated rings. The van der Waals surface area contributed by atoms with Gasteiger partial charge in [0.2, 0.25) is 17.7 Å². The van der Waals surface area contributed by atoms with Crippen LogP contribution in [0.4, 0.5) is 4.79 Å². The standard InChI is InChI=1S/C33H43N5O6S/c1-5-22-18-33(22,30(42)36-45-24-15-16-24)35-28(40)25-19-37(26(39)17-21-11-7-6-8-12-21)20-38(25)29(41)27(32(2,3)4)34-31(43)44-23-13-9-10-14-23/h1,6-8,11-12,22-25,27H,9-10,13-20H2,2-4H3,(H,34,43)(H,35,40)(H,36,42)/t22-,25+,27-,33-/m1/s1. The van der Waals surface area contributed by atoms with Gasteiger partial charge in [-0.1, -0.05) is 51.1 Å². The van der Waals surface area contributed by atoms with E-state index in [2.05, 4.69) is 21.3 Å². The first-order chi connectivity index (χ1) is 21.4. The van der Waals surface area contributed by atoms with Crippen LogP contribution in [0.5, 0.6) is 0 Å². The van der Waals surface area contributed by atoms with Crippen LogP contribution in [0, 0.1) is 23.7 Å². The molecule has 242 valence electrons. The summed E-state index contributed by atoms with van der Waals surface area (Å²) in [5.41, 5.74) is -1.23. The van der Waals surface area contributed by atoms with Crippen LogP contribution in [0.15, 0.2) is 30.3 Å². The van der Waals surface area contributed by atoms with Crippen molar-refractivity contribution in [2.75, 3.05) is 13.2 Å². The predicted molar refractivity (Wildman–Crippen MR) is 169 cm³/mol. The molecule has 0 unspecified atom stereocenters. The highest BCUT2D eigenvalue weighted by atomic mass is 32.2. The van der Waals surface area contributed by atoms with Crippen LogP contribution in [0.3, 0.4) is 0 Å². The van der Waals surface area contributed by atoms with Gasteiger partial charge in [0.15, 0.2) is 0 Å². The van der Waals surface area contributed by atoms with Crippen molar-refractivity contribution in [3.63, 3.8) is 0 Å². The first-order valence-electron chi connectivity index (χ1n) is 15.7. The Kier molecular flexibility index (Phi) is 9.68. The van der Waals surface area contributed by atoms with E-state index in [0.29, 0.717) is 5.25 Å². The van der Waals surface area contributed by atoms with Gasteiger partial charge in [0.25, 0.3) is 5.91 Å². The second kappa shape index (κ2) is 13.3. The second-order valence-corrected chi connectivity index (χ2v) is 14.7. The highest BCUT2D eigenvalue weighted by Gasteiger charge is 2.62. The summed E-state index contributed by atoms with van der Waals surface area (Å²) >= 11 is 1.33. The molecular formula is C33H43N5O6S. The first-order valence-corrected chi connectivity index (χ1v) is 16.6. The minimum Gasteiger partial charge on any atom is -0.446 e. The van der Waals surface area contributed by atoms with Gasteiger partial charge in [-0.05, 0) is 67.9 Å². The fraction of sp³-hybridized carbons (Fsp3) is 0.606. The molecule has 5 rings (SSSR count). The van der Waals surface area contributed by atoms with Crippen LogP contribution < -0.4 is 15.4 Å². The lowest BCUT2D eigenvalue weighted by atomic mass is 9.85. The molecule has 0 bridgehead atoms. The summed E-state index contributed by atoms with van der Waals surface area (Å²) in [6.45, 7) is 5.22. The summed E-state index contributed by atoms with van der Waals surface area (Å²) in [5.74, 6) is 0.386. The van der Waals surface area contributed by atoms with Crippen LogP contribution >= 0.6 is 11.9 Å². The fourth-order valence-electron chi connectivity index (χ4n) is 5.91. The lowest BCUT2D eigenvalue weighted by molar-refractivity contribution is -0.143. The molecule has 12 heteroatoms. The zero-order valence-corrected chi connectivity index (χ0v) is 27.0. The Bertz CT molecular complexity index is 1350. The van der Waals surface area contributed by atoms with Crippen LogP contribution in [0.2, 0.25) is 0 Å². The van der Waals surface area contributed by atoms with Crippen LogP contribution in [0.25, 0.3) is 0 Å². The Hall–Kier alpha value is -3.72. The van der Waals surface area contributed by atoms with Crippen LogP contribution in [0.1, 0.15) is 71.3 Å². The zero-order valence-electron chi connectivity index (χ0n) is 26.2. The van der Waals surface area contributed by atoms with Crippen molar-refractivity contribution < 1.29 is 28.7 Å². The van der Waals surface area contributed by atoms with E-state index >= 15 is 0 Å². The number of rotatable bonds is 10. The monoisotopic (exact) mass is 637 g/mol. The van der Waals surface area contributed by atoms with Crippen molar-refractivity contribution in [1.82, 2.24) is 25.2 Å². The number of amides is 5. The zero-order chi connectivity index (χ0) is 32.4. The van der Waals surface area contributed by atoms with E-state index in [4.69, 9.17) is 11.2 Å². The average molecular weight is 638 g/mol. The third-order valence-electron chi connectivity index (χ3n) is 8.94. The molecule has 0 aromatic heterocycles. The van der Waals surface area contributed by atoms with Crippen molar-refractivity contribution in [1.29, 1.82) is 0 Å². The minimum absolute atomic E-state index is 0.0676. The number of ether oxygens (including phenoxy) is 1. The lowest BCUT2D eigenvalue weighted by Crippen LogP contribution is -2.60. The van der Waals surface area contributed by atoms with Gasteiger partial charge in [0, 0.05) is 5.25 Å². The summed E-state index contributed by atoms with van der Waals surface area (Å²) < 4.78 is 8.43. The third kappa shape index (κ3) is 7.75. The molecule has 45 heavy (non-hydrogen) atoms. The van der Waals surface area contributed by atoms with Crippen molar-refractivity contribution in [2.24, 2.45) is 11.3 Å². The highest BCUT2D eigenvalue weighted by molar-refractivity contribution is 7.98. The van der Waals surface area contributed by atoms with Gasteiger partial charge >= 0.3 is 6.09 Å². The number of nitrogens with one attached hydrogen (secondary N) is 3. The largest absolute Gasteiger partial charge is 0.446 e. The van der Waals surface area contributed by atoms with Crippen LogP contribution in [-0.4, -0.2) is 81.7 Å². The Balaban J connectivity index is 1.36. The number of benzene rings is 1. The quantitative estimate of drug-likeness (QED) is 0.265. The Labute approximate surface area is 269 Å². The average Bonchev–Trinajstić information content (AvgIpc) is 3.84. The number of carbonyl (C=O) groups excluding carboxylic acids is 5. The van der Waals surface area contributed by atoms with E-state index in [-0.39, 0.29) is 44.0 Å². The number of terminal acetylenes is 1. The van der Waals surface area contributed by atoms with Crippen molar-refractivity contribution in [2.45, 2.75) is 101 Å². The second-order valence-electron chi connectivity index (χ2n) is 13.6. The summed E-state index contributed by atoms with van der Waals surface area (Å²) in [7, 11) is 0. The molecule has 1 aliphatic heterocycles. The number of nitrogens with zero attached hydrogens (tertiary/aromatic N) is 2. The molecular weight excluding hydrogens is 594 g/mol. The topological polar surface area (TPSA) is 137 Å². The van der Waals surface area contributed by atoms with E-state index in [0.717, 1.165) is 44.1 Å². The normalized spacial score (nSPS) is 25.2. The number of alkyl carbamates (subject to hydrolysis) is 1. The van der Waals surface area contributed by atoms with Gasteiger partial charge < -0.3 is 25.2 Å². The molecule has 5 amide bonds. The molecule has 4 atom stereocenters. The van der Waals surface area contributed by atoms with Gasteiger partial charge in [-0.2, -0.15) is 0 Å². The van der Waals surface area contributed by atoms with E-state index in [1.165, 1.54) is 21.7 Å². The van der Waals surface area contributed by atoms with Gasteiger partial charge in [-0.15, -0.1) is 12.3 Å². The van der Waals surface area contributed by atoms with Gasteiger partial charge in [0.05, 0.1) is 25.6 Å². The van der Waals surface area contributed by atoms with Crippen molar-refractivity contribution >= 4 is 41.7 Å². The highest BCUT2D eigenvalue weighted by Crippen LogP contribution is 2.44. The molecule has 1 heterocycles. The van der Waals surface area contributed by atoms with Crippen molar-refractivity contribution in [3.05, 3.63) is 35.9 Å². The summed E-state index contributed by atoms with van der Waals surface area (Å²) in [5, 5.41) is 5.98. The Morgan fingerprint density at radius 1 is 1.09 bits per heavy atom. The minimum atomic E-state index is -1.28. The van der Waals surface area contributed by atoms with Gasteiger partial charge in [-0.3, -0.25) is 23.9 Å². The summed E-state index contributed by atoms with van der Waals surface area (Å²) in [6, 6.07) is 7.07. The van der Waals surface area contributed by atoms with Gasteiger partial charge in [0.1, 0.15) is 23.7 Å². The molecule has 11 nitrogen and oxygen atoms in total. The maximum Gasteiger partial charge on any atom is 0.408 e. The van der Waals surface area contributed by atoms with Gasteiger partial charge in [-0.25, -0.2) is 4.79 Å². The van der Waals surface area contributed by atoms with E-state index in [1.54, 1.807) is 0 Å². The molecule has 0 spiro atoms. The molecule has 1 saturated heterocycles. The Morgan fingerprint density at radius 3 is 2.38 bits per heavy atom. The molecule has 3 aliphatic carbocycles. The molecule has 3 saturated carbocycles. The SMILES string of the molecule is C#C[C@@H]1C[C@]1(NC(=O)[C@@H]1CN(C(=O)Cc2ccccc2)CN1C(=O)[C@@H](NC(=O)OC1CCCC1)C(C)(C)C)C(=O)NSC1CC1. The summed E-state index contributed by atoms with van der Waals surface area (Å²) in [4.78, 5) is 70.6. The molecule has 3 N–H and O–H groups in total. The predicted octanol–water partition coefficient (Wildman–Crippen LogP) is 2.74. The molecule has 4 aliphatic rings. The fourth-order valence-corrected chi connectivity index (χ4v) is 6.74. The van der Waals surface area contributed by atoms with Crippen LogP contribution in [-0.2, 0) is 30.3 Å². The molecule has 1 aromatic carbocycles. The maximum atomic E-state index is 14.2. The first kappa shape index (κ1) is 32.7. The number of carbonyl (C=O) groups is 5. The summed E-state index contributed by atoms with van der Waals surface area (Å²) in [6.07, 6.45) is 10.7. The lowest BCUT2D eigenvalue weighted by Gasteiger charge is -2.35. The smallest absolute Gasteiger partial charge is 0.408 e. The number of hydrogen-bond donors (Lipinski definition) is 3. The molecule has 0 radical (unpaired) electrons. The van der Waals surface area contributed by atoms with E-state index in [9.17, 15) is 24.0 Å². The third-order valence-corrected chi connectivity index (χ3v) is 10.0. The van der Waals surface area contributed by atoms with E-state index < -0.39 is 46.9 Å². The van der Waals surface area contributed by atoms with E-state index in [1.807, 2.05) is 51.1 Å². The maximum absolute atomic E-state index is 14.2.